The largest absolute Gasteiger partial charge is 0.313 e. The Morgan fingerprint density at radius 2 is 1.85 bits per heavy atom. The molecule has 0 unspecified atom stereocenters. The summed E-state index contributed by atoms with van der Waals surface area (Å²) in [6.45, 7) is 0. The highest BCUT2D eigenvalue weighted by Gasteiger charge is 2.01. The number of rotatable bonds is 0. The summed E-state index contributed by atoms with van der Waals surface area (Å²) in [4.78, 5) is 17.9. The van der Waals surface area contributed by atoms with Crippen LogP contribution in [0.3, 0.4) is 0 Å². The Morgan fingerprint density at radius 3 is 2.69 bits per heavy atom. The molecule has 3 nitrogen and oxygen atoms in total. The molecular formula is C10H8N2O. The standard InChI is InChI=1S/C10H8N2O/c13-10-8-5-3-1-2-4-6-9(8)11-7-12-10/h1-7H,(H,11,12,13). The topological polar surface area (TPSA) is 45.8 Å². The molecule has 0 radical (unpaired) electrons. The Kier molecular flexibility index (Phi) is 1.92. The van der Waals surface area contributed by atoms with Gasteiger partial charge in [0.2, 0.25) is 0 Å². The molecule has 2 rings (SSSR count). The molecule has 1 N–H and O–H groups in total. The van der Waals surface area contributed by atoms with E-state index in [9.17, 15) is 4.79 Å². The molecule has 0 spiro atoms. The molecule has 0 amide bonds. The van der Waals surface area contributed by atoms with E-state index in [1.807, 2.05) is 30.4 Å². The smallest absolute Gasteiger partial charge is 0.258 e. The third kappa shape index (κ3) is 1.49. The van der Waals surface area contributed by atoms with E-state index in [1.54, 1.807) is 6.08 Å². The fraction of sp³-hybridized carbons (Fsp3) is 0. The van der Waals surface area contributed by atoms with E-state index in [0.717, 1.165) is 0 Å². The van der Waals surface area contributed by atoms with Gasteiger partial charge in [0, 0.05) is 0 Å². The van der Waals surface area contributed by atoms with Crippen molar-refractivity contribution in [3.8, 4) is 0 Å². The van der Waals surface area contributed by atoms with E-state index in [-0.39, 0.29) is 5.56 Å². The summed E-state index contributed by atoms with van der Waals surface area (Å²) in [6.07, 6.45) is 12.4. The third-order valence-electron chi connectivity index (χ3n) is 1.77. The van der Waals surface area contributed by atoms with Crippen LogP contribution in [0.1, 0.15) is 11.3 Å². The van der Waals surface area contributed by atoms with Gasteiger partial charge in [-0.1, -0.05) is 24.3 Å². The zero-order chi connectivity index (χ0) is 9.10. The van der Waals surface area contributed by atoms with Crippen molar-refractivity contribution >= 4 is 12.2 Å². The Morgan fingerprint density at radius 1 is 1.08 bits per heavy atom. The molecule has 0 aliphatic heterocycles. The second kappa shape index (κ2) is 3.23. The first kappa shape index (κ1) is 7.73. The molecule has 13 heavy (non-hydrogen) atoms. The Bertz CT molecular complexity index is 452. The van der Waals surface area contributed by atoms with E-state index < -0.39 is 0 Å². The predicted octanol–water partition coefficient (Wildman–Crippen LogP) is 1.37. The Labute approximate surface area is 75.1 Å². The number of hydrogen-bond acceptors (Lipinski definition) is 2. The average molecular weight is 172 g/mol. The molecule has 0 atom stereocenters. The van der Waals surface area contributed by atoms with Gasteiger partial charge in [-0.25, -0.2) is 4.98 Å². The van der Waals surface area contributed by atoms with Crippen molar-refractivity contribution in [3.63, 3.8) is 0 Å². The monoisotopic (exact) mass is 172 g/mol. The van der Waals surface area contributed by atoms with Crippen LogP contribution in [-0.2, 0) is 0 Å². The van der Waals surface area contributed by atoms with Crippen LogP contribution in [0.5, 0.6) is 0 Å². The summed E-state index contributed by atoms with van der Waals surface area (Å²) in [5, 5.41) is 0. The lowest BCUT2D eigenvalue weighted by atomic mass is 10.1. The Hall–Kier alpha value is -1.90. The minimum Gasteiger partial charge on any atom is -0.313 e. The lowest BCUT2D eigenvalue weighted by molar-refractivity contribution is 1.09. The van der Waals surface area contributed by atoms with Crippen molar-refractivity contribution in [2.24, 2.45) is 0 Å². The molecule has 64 valence electrons. The number of hydrogen-bond donors (Lipinski definition) is 1. The minimum absolute atomic E-state index is 0.110. The lowest BCUT2D eigenvalue weighted by Gasteiger charge is -1.98. The van der Waals surface area contributed by atoms with Crippen molar-refractivity contribution in [1.29, 1.82) is 0 Å². The molecule has 3 heteroatoms. The predicted molar refractivity (Wildman–Crippen MR) is 52.1 cm³/mol. The van der Waals surface area contributed by atoms with Crippen molar-refractivity contribution in [3.05, 3.63) is 52.2 Å². The van der Waals surface area contributed by atoms with Gasteiger partial charge in [-0.2, -0.15) is 0 Å². The molecule has 1 aromatic rings. The third-order valence-corrected chi connectivity index (χ3v) is 1.77. The fourth-order valence-electron chi connectivity index (χ4n) is 1.14. The van der Waals surface area contributed by atoms with Gasteiger partial charge in [0.15, 0.2) is 0 Å². The number of H-pyrrole nitrogens is 1. The zero-order valence-corrected chi connectivity index (χ0v) is 6.90. The SMILES string of the molecule is O=c1[nH]cnc2c1C=CC=CC=C2. The van der Waals surface area contributed by atoms with E-state index >= 15 is 0 Å². The van der Waals surface area contributed by atoms with Crippen LogP contribution < -0.4 is 5.56 Å². The lowest BCUT2D eigenvalue weighted by Crippen LogP contribution is -2.11. The molecule has 1 aliphatic carbocycles. The molecule has 1 aromatic heterocycles. The van der Waals surface area contributed by atoms with Gasteiger partial charge in [0.05, 0.1) is 17.6 Å². The highest BCUT2D eigenvalue weighted by molar-refractivity contribution is 5.64. The fourth-order valence-corrected chi connectivity index (χ4v) is 1.14. The van der Waals surface area contributed by atoms with Crippen LogP contribution in [0.15, 0.2) is 35.4 Å². The molecule has 0 aromatic carbocycles. The summed E-state index contributed by atoms with van der Waals surface area (Å²) in [5.74, 6) is 0. The van der Waals surface area contributed by atoms with E-state index in [4.69, 9.17) is 0 Å². The normalized spacial score (nSPS) is 13.5. The highest BCUT2D eigenvalue weighted by Crippen LogP contribution is 2.06. The van der Waals surface area contributed by atoms with Crippen LogP contribution in [0.2, 0.25) is 0 Å². The van der Waals surface area contributed by atoms with Gasteiger partial charge in [-0.15, -0.1) is 0 Å². The van der Waals surface area contributed by atoms with Gasteiger partial charge in [-0.3, -0.25) is 4.79 Å². The molecule has 0 saturated carbocycles. The zero-order valence-electron chi connectivity index (χ0n) is 6.90. The van der Waals surface area contributed by atoms with Gasteiger partial charge in [-0.05, 0) is 12.2 Å². The van der Waals surface area contributed by atoms with Crippen LogP contribution in [0.4, 0.5) is 0 Å². The van der Waals surface area contributed by atoms with E-state index in [2.05, 4.69) is 9.97 Å². The van der Waals surface area contributed by atoms with Crippen LogP contribution in [-0.4, -0.2) is 9.97 Å². The molecule has 0 bridgehead atoms. The highest BCUT2D eigenvalue weighted by atomic mass is 16.1. The number of aromatic nitrogens is 2. The van der Waals surface area contributed by atoms with Crippen LogP contribution in [0, 0.1) is 0 Å². The average Bonchev–Trinajstić information content (AvgIpc) is 2.07. The molecular weight excluding hydrogens is 164 g/mol. The summed E-state index contributed by atoms with van der Waals surface area (Å²) < 4.78 is 0. The molecule has 0 fully saturated rings. The van der Waals surface area contributed by atoms with Crippen molar-refractivity contribution in [1.82, 2.24) is 9.97 Å². The quantitative estimate of drug-likeness (QED) is 0.642. The molecule has 1 aliphatic rings. The van der Waals surface area contributed by atoms with Crippen molar-refractivity contribution < 1.29 is 0 Å². The first-order valence-electron chi connectivity index (χ1n) is 3.97. The van der Waals surface area contributed by atoms with Crippen molar-refractivity contribution in [2.75, 3.05) is 0 Å². The first-order chi connectivity index (χ1) is 6.38. The Balaban J connectivity index is 2.69. The summed E-state index contributed by atoms with van der Waals surface area (Å²) in [6, 6.07) is 0. The molecule has 0 saturated heterocycles. The molecule has 1 heterocycles. The number of allylic oxidation sites excluding steroid dienone is 4. The minimum atomic E-state index is -0.110. The van der Waals surface area contributed by atoms with Gasteiger partial charge < -0.3 is 4.98 Å². The van der Waals surface area contributed by atoms with E-state index in [0.29, 0.717) is 11.3 Å². The maximum atomic E-state index is 11.3. The van der Waals surface area contributed by atoms with Gasteiger partial charge in [0.25, 0.3) is 5.56 Å². The van der Waals surface area contributed by atoms with Gasteiger partial charge in [0.1, 0.15) is 0 Å². The summed E-state index contributed by atoms with van der Waals surface area (Å²) in [7, 11) is 0. The maximum absolute atomic E-state index is 11.3. The van der Waals surface area contributed by atoms with Gasteiger partial charge >= 0.3 is 0 Å². The number of aromatic amines is 1. The van der Waals surface area contributed by atoms with Crippen LogP contribution >= 0.6 is 0 Å². The summed E-state index contributed by atoms with van der Waals surface area (Å²) >= 11 is 0. The number of nitrogens with zero attached hydrogens (tertiary/aromatic N) is 1. The number of nitrogens with one attached hydrogen (secondary N) is 1. The second-order valence-corrected chi connectivity index (χ2v) is 2.63. The van der Waals surface area contributed by atoms with Crippen molar-refractivity contribution in [2.45, 2.75) is 0 Å². The first-order valence-corrected chi connectivity index (χ1v) is 3.97. The van der Waals surface area contributed by atoms with E-state index in [1.165, 1.54) is 6.33 Å². The summed E-state index contributed by atoms with van der Waals surface area (Å²) in [5.41, 5.74) is 1.19. The second-order valence-electron chi connectivity index (χ2n) is 2.63. The number of fused-ring (bicyclic) bond motifs is 1. The maximum Gasteiger partial charge on any atom is 0.258 e. The van der Waals surface area contributed by atoms with Crippen LogP contribution in [0.25, 0.3) is 12.2 Å².